The Morgan fingerprint density at radius 2 is 2.12 bits per heavy atom. The number of ether oxygens (including phenoxy) is 2. The predicted octanol–water partition coefficient (Wildman–Crippen LogP) is -0.200. The van der Waals surface area contributed by atoms with E-state index in [1.807, 2.05) is 10.1 Å². The Morgan fingerprint density at radius 1 is 1.35 bits per heavy atom. The highest BCUT2D eigenvalue weighted by Crippen LogP contribution is 2.36. The molecule has 0 aliphatic heterocycles. The molecule has 0 aliphatic carbocycles. The number of rotatable bonds is 7. The fraction of sp³-hybridized carbons (Fsp3) is 0.214. The first-order chi connectivity index (χ1) is 12.5. The number of aromatic amines is 2. The molecule has 0 aliphatic rings. The van der Waals surface area contributed by atoms with Gasteiger partial charge in [0.15, 0.2) is 11.5 Å². The normalized spacial score (nSPS) is 10.6. The maximum Gasteiger partial charge on any atom is 0.342 e. The summed E-state index contributed by atoms with van der Waals surface area (Å²) in [7, 11) is 3.02. The Bertz CT molecular complexity index is 938. The van der Waals surface area contributed by atoms with Crippen molar-refractivity contribution in [3.8, 4) is 11.5 Å². The monoisotopic (exact) mass is 426 g/mol. The molecule has 1 aromatic carbocycles. The highest BCUT2D eigenvalue weighted by Gasteiger charge is 2.11. The third-order valence-electron chi connectivity index (χ3n) is 3.04. The summed E-state index contributed by atoms with van der Waals surface area (Å²) in [6.07, 6.45) is 1.41. The lowest BCUT2D eigenvalue weighted by Gasteiger charge is -2.10. The molecule has 0 radical (unpaired) electrons. The van der Waals surface area contributed by atoms with Gasteiger partial charge in [-0.2, -0.15) is 5.10 Å². The number of hydrogen-bond donors (Lipinski definition) is 4. The number of aromatic nitrogens is 3. The number of benzene rings is 1. The van der Waals surface area contributed by atoms with Crippen molar-refractivity contribution in [1.29, 1.82) is 0 Å². The Labute approximate surface area is 154 Å². The minimum Gasteiger partial charge on any atom is -0.493 e. The minimum atomic E-state index is -0.741. The fourth-order valence-corrected chi connectivity index (χ4v) is 2.44. The standard InChI is InChI=1S/C14H15BrN6O5/c1-25-8-4-3-7(10(15)11(8)26-2)5-17-19-9(22)6-16-12-13(23)18-14(24)21-20-12/h3-5H,6H2,1-2H3,(H,16,20)(H,19,22)(H2,18,21,23,24)/b17-5+. The van der Waals surface area contributed by atoms with E-state index in [0.717, 1.165) is 0 Å². The van der Waals surface area contributed by atoms with Gasteiger partial charge in [-0.15, -0.1) is 5.10 Å². The number of carbonyl (C=O) groups is 1. The zero-order chi connectivity index (χ0) is 19.1. The van der Waals surface area contributed by atoms with Gasteiger partial charge in [-0.3, -0.25) is 14.6 Å². The summed E-state index contributed by atoms with van der Waals surface area (Å²) in [4.78, 5) is 36.0. The van der Waals surface area contributed by atoms with Crippen LogP contribution in [0.3, 0.4) is 0 Å². The largest absolute Gasteiger partial charge is 0.493 e. The molecule has 4 N–H and O–H groups in total. The zero-order valence-corrected chi connectivity index (χ0v) is 15.3. The van der Waals surface area contributed by atoms with Gasteiger partial charge < -0.3 is 14.8 Å². The van der Waals surface area contributed by atoms with Gasteiger partial charge in [0.1, 0.15) is 0 Å². The number of anilines is 1. The second-order valence-corrected chi connectivity index (χ2v) is 5.50. The number of hydrazone groups is 1. The Hall–Kier alpha value is -3.15. The van der Waals surface area contributed by atoms with Gasteiger partial charge >= 0.3 is 5.69 Å². The van der Waals surface area contributed by atoms with E-state index in [9.17, 15) is 14.4 Å². The molecule has 0 fully saturated rings. The zero-order valence-electron chi connectivity index (χ0n) is 13.8. The van der Waals surface area contributed by atoms with Crippen molar-refractivity contribution in [2.75, 3.05) is 26.1 Å². The van der Waals surface area contributed by atoms with E-state index >= 15 is 0 Å². The summed E-state index contributed by atoms with van der Waals surface area (Å²) in [5, 5.41) is 11.8. The van der Waals surface area contributed by atoms with Crippen LogP contribution in [-0.2, 0) is 4.79 Å². The molecule has 2 rings (SSSR count). The van der Waals surface area contributed by atoms with E-state index in [-0.39, 0.29) is 12.4 Å². The molecule has 1 amide bonds. The number of nitrogens with one attached hydrogen (secondary N) is 4. The average Bonchev–Trinajstić information content (AvgIpc) is 2.62. The molecule has 0 unspecified atom stereocenters. The van der Waals surface area contributed by atoms with Gasteiger partial charge in [0.2, 0.25) is 5.82 Å². The van der Waals surface area contributed by atoms with Crippen LogP contribution in [0.5, 0.6) is 11.5 Å². The Kier molecular flexibility index (Phi) is 6.49. The van der Waals surface area contributed by atoms with Gasteiger partial charge in [0.05, 0.1) is 31.5 Å². The minimum absolute atomic E-state index is 0.189. The van der Waals surface area contributed by atoms with Crippen LogP contribution in [-0.4, -0.2) is 48.1 Å². The van der Waals surface area contributed by atoms with E-state index in [2.05, 4.69) is 36.9 Å². The van der Waals surface area contributed by atoms with Crippen LogP contribution in [0.4, 0.5) is 5.82 Å². The molecule has 1 heterocycles. The van der Waals surface area contributed by atoms with Crippen molar-refractivity contribution in [1.82, 2.24) is 20.6 Å². The third-order valence-corrected chi connectivity index (χ3v) is 3.85. The molecular formula is C14H15BrN6O5. The smallest absolute Gasteiger partial charge is 0.342 e. The van der Waals surface area contributed by atoms with Crippen molar-refractivity contribution >= 4 is 33.9 Å². The van der Waals surface area contributed by atoms with Gasteiger partial charge in [-0.05, 0) is 28.1 Å². The third kappa shape index (κ3) is 4.69. The lowest BCUT2D eigenvalue weighted by molar-refractivity contribution is -0.119. The van der Waals surface area contributed by atoms with Crippen molar-refractivity contribution in [3.05, 3.63) is 43.0 Å². The van der Waals surface area contributed by atoms with Crippen molar-refractivity contribution in [2.45, 2.75) is 0 Å². The van der Waals surface area contributed by atoms with Crippen LogP contribution in [0, 0.1) is 0 Å². The van der Waals surface area contributed by atoms with E-state index in [1.165, 1.54) is 20.4 Å². The first kappa shape index (κ1) is 19.2. The molecular weight excluding hydrogens is 412 g/mol. The second-order valence-electron chi connectivity index (χ2n) is 4.71. The molecule has 26 heavy (non-hydrogen) atoms. The summed E-state index contributed by atoms with van der Waals surface area (Å²) in [6, 6.07) is 3.42. The van der Waals surface area contributed by atoms with Crippen LogP contribution >= 0.6 is 15.9 Å². The van der Waals surface area contributed by atoms with Crippen molar-refractivity contribution in [3.63, 3.8) is 0 Å². The van der Waals surface area contributed by atoms with Crippen molar-refractivity contribution < 1.29 is 14.3 Å². The van der Waals surface area contributed by atoms with Crippen LogP contribution < -0.4 is 31.5 Å². The van der Waals surface area contributed by atoms with E-state index < -0.39 is 17.2 Å². The number of hydrogen-bond acceptors (Lipinski definition) is 8. The number of nitrogens with zero attached hydrogens (tertiary/aromatic N) is 2. The quantitative estimate of drug-likeness (QED) is 0.353. The van der Waals surface area contributed by atoms with Gasteiger partial charge in [0, 0.05) is 5.56 Å². The number of amides is 1. The Morgan fingerprint density at radius 3 is 2.77 bits per heavy atom. The number of halogens is 1. The summed E-state index contributed by atoms with van der Waals surface area (Å²) < 4.78 is 11.0. The molecule has 0 saturated heterocycles. The maximum absolute atomic E-state index is 11.7. The van der Waals surface area contributed by atoms with Crippen molar-refractivity contribution in [2.24, 2.45) is 5.10 Å². The lowest BCUT2D eigenvalue weighted by atomic mass is 10.2. The molecule has 0 bridgehead atoms. The fourth-order valence-electron chi connectivity index (χ4n) is 1.85. The topological polar surface area (TPSA) is 151 Å². The SMILES string of the molecule is COc1ccc(/C=N/NC(=O)CNc2n[nH]c(=O)[nH]c2=O)c(Br)c1OC. The maximum atomic E-state index is 11.7. The number of carbonyl (C=O) groups excluding carboxylic acids is 1. The second kappa shape index (κ2) is 8.80. The molecule has 0 spiro atoms. The molecule has 11 nitrogen and oxygen atoms in total. The van der Waals surface area contributed by atoms with Gasteiger partial charge in [0.25, 0.3) is 11.5 Å². The van der Waals surface area contributed by atoms with Crippen LogP contribution in [0.2, 0.25) is 0 Å². The average molecular weight is 427 g/mol. The number of H-pyrrole nitrogens is 2. The van der Waals surface area contributed by atoms with E-state index in [1.54, 1.807) is 12.1 Å². The Balaban J connectivity index is 1.96. The predicted molar refractivity (Wildman–Crippen MR) is 97.0 cm³/mol. The first-order valence-corrected chi connectivity index (χ1v) is 7.90. The highest BCUT2D eigenvalue weighted by atomic mass is 79.9. The van der Waals surface area contributed by atoms with E-state index in [4.69, 9.17) is 9.47 Å². The summed E-state index contributed by atoms with van der Waals surface area (Å²) >= 11 is 3.38. The van der Waals surface area contributed by atoms with E-state index in [0.29, 0.717) is 21.5 Å². The molecule has 1 aromatic heterocycles. The first-order valence-electron chi connectivity index (χ1n) is 7.11. The van der Waals surface area contributed by atoms with Crippen LogP contribution in [0.25, 0.3) is 0 Å². The van der Waals surface area contributed by atoms with Crippen LogP contribution in [0.15, 0.2) is 31.3 Å². The molecule has 0 atom stereocenters. The highest BCUT2D eigenvalue weighted by molar-refractivity contribution is 9.10. The van der Waals surface area contributed by atoms with Gasteiger partial charge in [-0.25, -0.2) is 15.3 Å². The molecule has 2 aromatic rings. The molecule has 138 valence electrons. The van der Waals surface area contributed by atoms with Gasteiger partial charge in [-0.1, -0.05) is 0 Å². The molecule has 12 heteroatoms. The summed E-state index contributed by atoms with van der Waals surface area (Å²) in [5.41, 5.74) is 1.46. The summed E-state index contributed by atoms with van der Waals surface area (Å²) in [5.74, 6) is 0.327. The summed E-state index contributed by atoms with van der Waals surface area (Å²) in [6.45, 7) is -0.271. The van der Waals surface area contributed by atoms with Crippen LogP contribution in [0.1, 0.15) is 5.56 Å². The number of methoxy groups -OCH3 is 2. The lowest BCUT2D eigenvalue weighted by Crippen LogP contribution is -2.31. The molecule has 0 saturated carbocycles.